The summed E-state index contributed by atoms with van der Waals surface area (Å²) in [7, 11) is 0. The van der Waals surface area contributed by atoms with E-state index >= 15 is 0 Å². The van der Waals surface area contributed by atoms with Crippen molar-refractivity contribution in [3.8, 4) is 5.75 Å². The molecule has 2 N–H and O–H groups in total. The van der Waals surface area contributed by atoms with Gasteiger partial charge in [0.2, 0.25) is 11.8 Å². The second-order valence-electron chi connectivity index (χ2n) is 15.9. The quantitative estimate of drug-likeness (QED) is 0.213. The number of carbonyl (C=O) groups excluding carboxylic acids is 5. The highest BCUT2D eigenvalue weighted by molar-refractivity contribution is 5.96. The Labute approximate surface area is 328 Å². The first-order valence-electron chi connectivity index (χ1n) is 20.7. The Hall–Kier alpha value is -4.37. The third-order valence-corrected chi connectivity index (χ3v) is 12.0. The van der Waals surface area contributed by atoms with Crippen LogP contribution in [0.25, 0.3) is 0 Å². The van der Waals surface area contributed by atoms with Crippen LogP contribution in [0.15, 0.2) is 30.4 Å². The van der Waals surface area contributed by atoms with Crippen molar-refractivity contribution < 1.29 is 47.7 Å². The van der Waals surface area contributed by atoms with E-state index in [9.17, 15) is 24.0 Å². The molecule has 4 fully saturated rings. The summed E-state index contributed by atoms with van der Waals surface area (Å²) in [6.45, 7) is 7.12. The van der Waals surface area contributed by atoms with Crippen molar-refractivity contribution in [1.29, 1.82) is 0 Å². The molecule has 5 atom stereocenters. The van der Waals surface area contributed by atoms with Gasteiger partial charge in [0, 0.05) is 45.1 Å². The summed E-state index contributed by atoms with van der Waals surface area (Å²) in [6, 6.07) is 3.84. The van der Waals surface area contributed by atoms with Crippen LogP contribution in [0.2, 0.25) is 0 Å². The van der Waals surface area contributed by atoms with Crippen LogP contribution in [0.5, 0.6) is 5.75 Å². The smallest absolute Gasteiger partial charge is 0.410 e. The molecule has 0 aromatic heterocycles. The van der Waals surface area contributed by atoms with Gasteiger partial charge in [0.05, 0.1) is 26.4 Å². The van der Waals surface area contributed by atoms with Crippen LogP contribution in [0.4, 0.5) is 9.59 Å². The lowest BCUT2D eigenvalue weighted by atomic mass is 10.0. The van der Waals surface area contributed by atoms with E-state index in [4.69, 9.17) is 23.7 Å². The number of nitrogens with one attached hydrogen (secondary N) is 2. The standard InChI is InChI=1S/C41H57N5O10/c1-2-53-38(49)41-24-30(41)10-6-4-3-5-7-13-34(42-39(50)55-31-11-8-9-12-31)37(48)46-27-33(23-35(46)36(47)43-41)56-40(51)45-25-28-14-15-32(22-29(28)26-45)54-21-18-44-16-19-52-20-17-44/h6,10,14-15,22,30-31,33-35H,2-5,7-9,11-13,16-21,23-27H2,1H3,(H,42,50)(H,43,47)/t30-,33-,34+,35+,41-/m1/s1. The number of carbonyl (C=O) groups is 5. The van der Waals surface area contributed by atoms with Crippen LogP contribution in [0, 0.1) is 5.92 Å². The maximum absolute atomic E-state index is 14.4. The number of fused-ring (bicyclic) bond motifs is 3. The van der Waals surface area contributed by atoms with E-state index in [2.05, 4.69) is 15.5 Å². The minimum Gasteiger partial charge on any atom is -0.492 e. The molecule has 2 saturated carbocycles. The van der Waals surface area contributed by atoms with Gasteiger partial charge in [-0.3, -0.25) is 19.4 Å². The highest BCUT2D eigenvalue weighted by Crippen LogP contribution is 2.46. The van der Waals surface area contributed by atoms with E-state index in [0.717, 1.165) is 94.7 Å². The fourth-order valence-electron chi connectivity index (χ4n) is 8.65. The van der Waals surface area contributed by atoms with Gasteiger partial charge in [0.25, 0.3) is 0 Å². The van der Waals surface area contributed by atoms with E-state index in [0.29, 0.717) is 39.0 Å². The molecule has 0 radical (unpaired) electrons. The molecule has 306 valence electrons. The number of benzene rings is 1. The SMILES string of the molecule is CCOC(=O)[C@@]12C[C@H]1C=CCCCCC[C@H](NC(=O)OC1CCCC1)C(=O)N1C[C@H](OC(=O)N3Cc4ccc(OCCN5CCOCC5)cc4C3)C[C@H]1C(=O)N2. The average Bonchev–Trinajstić information content (AvgIpc) is 3.60. The van der Waals surface area contributed by atoms with Crippen LogP contribution in [0.3, 0.4) is 0 Å². The van der Waals surface area contributed by atoms with Crippen molar-refractivity contribution in [3.05, 3.63) is 41.5 Å². The van der Waals surface area contributed by atoms with E-state index in [1.807, 2.05) is 30.4 Å². The van der Waals surface area contributed by atoms with Gasteiger partial charge >= 0.3 is 18.2 Å². The third-order valence-electron chi connectivity index (χ3n) is 12.0. The second kappa shape index (κ2) is 18.3. The summed E-state index contributed by atoms with van der Waals surface area (Å²) in [6.07, 6.45) is 9.28. The number of hydrogen-bond donors (Lipinski definition) is 2. The summed E-state index contributed by atoms with van der Waals surface area (Å²) >= 11 is 0. The molecular weight excluding hydrogens is 722 g/mol. The molecule has 7 rings (SSSR count). The predicted molar refractivity (Wildman–Crippen MR) is 202 cm³/mol. The van der Waals surface area contributed by atoms with E-state index in [1.165, 1.54) is 4.90 Å². The minimum atomic E-state index is -1.23. The number of allylic oxidation sites excluding steroid dienone is 1. The lowest BCUT2D eigenvalue weighted by Crippen LogP contribution is -2.56. The fourth-order valence-corrected chi connectivity index (χ4v) is 8.65. The number of alkyl carbamates (subject to hydrolysis) is 1. The molecule has 2 saturated heterocycles. The molecule has 0 spiro atoms. The number of hydrogen-bond acceptors (Lipinski definition) is 11. The number of nitrogens with zero attached hydrogens (tertiary/aromatic N) is 3. The van der Waals surface area contributed by atoms with Crippen LogP contribution >= 0.6 is 0 Å². The molecule has 4 heterocycles. The molecule has 1 aromatic rings. The Morgan fingerprint density at radius 2 is 1.75 bits per heavy atom. The largest absolute Gasteiger partial charge is 0.492 e. The maximum atomic E-state index is 14.4. The van der Waals surface area contributed by atoms with Crippen molar-refractivity contribution >= 4 is 30.0 Å². The van der Waals surface area contributed by atoms with Crippen molar-refractivity contribution in [2.45, 2.75) is 120 Å². The number of rotatable bonds is 9. The molecule has 0 bridgehead atoms. The van der Waals surface area contributed by atoms with Crippen molar-refractivity contribution in [2.75, 3.05) is 52.6 Å². The summed E-state index contributed by atoms with van der Waals surface area (Å²) in [4.78, 5) is 73.9. The van der Waals surface area contributed by atoms with Crippen molar-refractivity contribution in [1.82, 2.24) is 25.3 Å². The highest BCUT2D eigenvalue weighted by Gasteiger charge is 2.62. The van der Waals surface area contributed by atoms with Gasteiger partial charge in [0.1, 0.15) is 42.2 Å². The third kappa shape index (κ3) is 9.59. The Morgan fingerprint density at radius 3 is 2.55 bits per heavy atom. The summed E-state index contributed by atoms with van der Waals surface area (Å²) < 4.78 is 28.6. The summed E-state index contributed by atoms with van der Waals surface area (Å²) in [5.74, 6) is -0.993. The second-order valence-corrected chi connectivity index (χ2v) is 15.9. The zero-order valence-electron chi connectivity index (χ0n) is 32.5. The average molecular weight is 780 g/mol. The summed E-state index contributed by atoms with van der Waals surface area (Å²) in [5.41, 5.74) is 0.726. The van der Waals surface area contributed by atoms with Gasteiger partial charge in [-0.15, -0.1) is 0 Å². The fraction of sp³-hybridized carbons (Fsp3) is 0.683. The van der Waals surface area contributed by atoms with E-state index in [1.54, 1.807) is 11.8 Å². The van der Waals surface area contributed by atoms with Crippen LogP contribution in [-0.4, -0.2) is 127 Å². The number of amides is 4. The predicted octanol–water partition coefficient (Wildman–Crippen LogP) is 3.82. The van der Waals surface area contributed by atoms with Gasteiger partial charge in [-0.05, 0) is 81.5 Å². The maximum Gasteiger partial charge on any atom is 0.410 e. The molecular formula is C41H57N5O10. The topological polar surface area (TPSA) is 165 Å². The van der Waals surface area contributed by atoms with Gasteiger partial charge in [-0.1, -0.05) is 31.1 Å². The van der Waals surface area contributed by atoms with Crippen molar-refractivity contribution in [2.24, 2.45) is 5.92 Å². The zero-order valence-corrected chi connectivity index (χ0v) is 32.5. The van der Waals surface area contributed by atoms with Crippen molar-refractivity contribution in [3.63, 3.8) is 0 Å². The Balaban J connectivity index is 1.03. The number of ether oxygens (including phenoxy) is 5. The first kappa shape index (κ1) is 39.8. The van der Waals surface area contributed by atoms with E-state index < -0.39 is 53.7 Å². The van der Waals surface area contributed by atoms with Crippen LogP contribution in [-0.2, 0) is 46.4 Å². The molecule has 1 aromatic carbocycles. The number of morpholine rings is 1. The van der Waals surface area contributed by atoms with Crippen LogP contribution in [0.1, 0.15) is 88.7 Å². The van der Waals surface area contributed by atoms with E-state index in [-0.39, 0.29) is 31.6 Å². The molecule has 6 aliphatic rings. The molecule has 2 aliphatic carbocycles. The Bertz CT molecular complexity index is 1630. The molecule has 0 unspecified atom stereocenters. The monoisotopic (exact) mass is 779 g/mol. The molecule has 15 nitrogen and oxygen atoms in total. The lowest BCUT2D eigenvalue weighted by molar-refractivity contribution is -0.150. The zero-order chi connectivity index (χ0) is 39.1. The molecule has 56 heavy (non-hydrogen) atoms. The molecule has 15 heteroatoms. The van der Waals surface area contributed by atoms with Gasteiger partial charge < -0.3 is 39.2 Å². The van der Waals surface area contributed by atoms with Gasteiger partial charge in [-0.25, -0.2) is 14.4 Å². The molecule has 4 amide bonds. The molecule has 4 aliphatic heterocycles. The minimum absolute atomic E-state index is 0.0316. The number of esters is 1. The van der Waals surface area contributed by atoms with Gasteiger partial charge in [0.15, 0.2) is 0 Å². The Morgan fingerprint density at radius 1 is 0.964 bits per heavy atom. The van der Waals surface area contributed by atoms with Crippen LogP contribution < -0.4 is 15.4 Å². The first-order valence-corrected chi connectivity index (χ1v) is 20.7. The first-order chi connectivity index (χ1) is 27.2. The normalized spacial score (nSPS) is 28.6. The Kier molecular flexibility index (Phi) is 13.0. The van der Waals surface area contributed by atoms with Gasteiger partial charge in [-0.2, -0.15) is 0 Å². The highest BCUT2D eigenvalue weighted by atomic mass is 16.6. The summed E-state index contributed by atoms with van der Waals surface area (Å²) in [5, 5.41) is 5.77. The lowest BCUT2D eigenvalue weighted by Gasteiger charge is -2.29.